The Balaban J connectivity index is 1.11. The molecule has 4 amide bonds. The standard InChI is InChI=1S/C33H29FN6O5S2/c34-20-5-8-25(41)22(13-20)28(30(44)38-33-35-10-11-47-33)40-15-18-2-1-3-23(27(18)31(40)45)36-14-17-4-6-21-19(12-17)16-39(32(21)46)24-7-9-26(42)37-29(24)43/h1-6,8,10-13,24,28,32,36,41,46H,7,9,14-16H2,(H,35,38,44)(H,37,42,43). The fourth-order valence-corrected chi connectivity index (χ4v) is 7.52. The molecular weight excluding hydrogens is 644 g/mol. The van der Waals surface area contributed by atoms with Gasteiger partial charge in [-0.25, -0.2) is 9.37 Å². The molecule has 3 aromatic carbocycles. The second kappa shape index (κ2) is 12.4. The summed E-state index contributed by atoms with van der Waals surface area (Å²) in [6.07, 6.45) is 2.26. The number of carbonyl (C=O) groups is 4. The Labute approximate surface area is 278 Å². The number of thiol groups is 1. The lowest BCUT2D eigenvalue weighted by atomic mass is 10.0. The first-order chi connectivity index (χ1) is 22.7. The number of aromatic nitrogens is 1. The quantitative estimate of drug-likeness (QED) is 0.136. The molecule has 1 fully saturated rings. The van der Waals surface area contributed by atoms with Crippen molar-refractivity contribution < 1.29 is 28.7 Å². The number of nitrogens with zero attached hydrogens (tertiary/aromatic N) is 3. The summed E-state index contributed by atoms with van der Waals surface area (Å²) in [5.41, 5.74) is 4.55. The zero-order valence-corrected chi connectivity index (χ0v) is 26.5. The summed E-state index contributed by atoms with van der Waals surface area (Å²) in [5.74, 6) is -2.62. The van der Waals surface area contributed by atoms with Gasteiger partial charge in [-0.3, -0.25) is 34.7 Å². The summed E-state index contributed by atoms with van der Waals surface area (Å²) in [6, 6.07) is 12.9. The van der Waals surface area contributed by atoms with Crippen molar-refractivity contribution in [3.05, 3.63) is 105 Å². The van der Waals surface area contributed by atoms with E-state index in [2.05, 4.69) is 20.9 Å². The monoisotopic (exact) mass is 672 g/mol. The number of fused-ring (bicyclic) bond motifs is 2. The van der Waals surface area contributed by atoms with Crippen molar-refractivity contribution in [2.75, 3.05) is 10.6 Å². The van der Waals surface area contributed by atoms with E-state index in [-0.39, 0.29) is 41.5 Å². The number of piperidine rings is 1. The maximum atomic E-state index is 14.4. The van der Waals surface area contributed by atoms with Crippen molar-refractivity contribution in [1.82, 2.24) is 20.1 Å². The second-order valence-corrected chi connectivity index (χ2v) is 13.0. The van der Waals surface area contributed by atoms with E-state index in [1.54, 1.807) is 17.5 Å². The Bertz CT molecular complexity index is 1920. The van der Waals surface area contributed by atoms with Crippen molar-refractivity contribution in [1.29, 1.82) is 0 Å². The summed E-state index contributed by atoms with van der Waals surface area (Å²) in [6.45, 7) is 0.953. The number of hydrogen-bond acceptors (Lipinski definition) is 10. The van der Waals surface area contributed by atoms with Crippen LogP contribution in [0.15, 0.2) is 66.2 Å². The van der Waals surface area contributed by atoms with Gasteiger partial charge in [0, 0.05) is 48.9 Å². The van der Waals surface area contributed by atoms with Crippen LogP contribution in [0.5, 0.6) is 5.75 Å². The number of nitrogens with one attached hydrogen (secondary N) is 3. The molecule has 1 saturated heterocycles. The molecule has 3 unspecified atom stereocenters. The summed E-state index contributed by atoms with van der Waals surface area (Å²) in [4.78, 5) is 59.2. The predicted octanol–water partition coefficient (Wildman–Crippen LogP) is 4.48. The van der Waals surface area contributed by atoms with Crippen LogP contribution < -0.4 is 16.0 Å². The number of phenols is 1. The van der Waals surface area contributed by atoms with E-state index >= 15 is 0 Å². The SMILES string of the molecule is O=C1CCC(N2Cc3cc(CNc4cccc5c4C(=O)N(C(C(=O)Nc4nccs4)c4cc(F)ccc4O)C5)ccc3C2S)C(=O)N1. The van der Waals surface area contributed by atoms with Crippen LogP contribution in [0.3, 0.4) is 0 Å². The largest absolute Gasteiger partial charge is 0.508 e. The lowest BCUT2D eigenvalue weighted by molar-refractivity contribution is -0.137. The number of anilines is 2. The molecule has 240 valence electrons. The van der Waals surface area contributed by atoms with E-state index in [1.807, 2.05) is 29.2 Å². The van der Waals surface area contributed by atoms with E-state index in [4.69, 9.17) is 12.6 Å². The zero-order chi connectivity index (χ0) is 32.8. The lowest BCUT2D eigenvalue weighted by Crippen LogP contribution is -2.51. The van der Waals surface area contributed by atoms with Crippen LogP contribution in [-0.2, 0) is 34.0 Å². The number of amides is 4. The van der Waals surface area contributed by atoms with Gasteiger partial charge in [0.25, 0.3) is 11.8 Å². The lowest BCUT2D eigenvalue weighted by Gasteiger charge is -2.32. The molecule has 11 nitrogen and oxygen atoms in total. The number of aromatic hydroxyl groups is 1. The Morgan fingerprint density at radius 3 is 2.77 bits per heavy atom. The number of hydrogen-bond donors (Lipinski definition) is 5. The van der Waals surface area contributed by atoms with Gasteiger partial charge in [0.15, 0.2) is 5.13 Å². The summed E-state index contributed by atoms with van der Waals surface area (Å²) < 4.78 is 14.4. The minimum absolute atomic E-state index is 0.0401. The number of phenolic OH excluding ortho intramolecular Hbond substituents is 1. The average Bonchev–Trinajstić information content (AvgIpc) is 3.76. The molecule has 3 atom stereocenters. The molecule has 1 aromatic heterocycles. The number of imide groups is 1. The molecule has 4 heterocycles. The molecule has 4 N–H and O–H groups in total. The van der Waals surface area contributed by atoms with Crippen molar-refractivity contribution in [3.63, 3.8) is 0 Å². The van der Waals surface area contributed by atoms with Gasteiger partial charge in [-0.05, 0) is 52.9 Å². The summed E-state index contributed by atoms with van der Waals surface area (Å²) in [5, 5.41) is 20.8. The number of thiazole rings is 1. The average molecular weight is 673 g/mol. The Hall–Kier alpha value is -4.79. The van der Waals surface area contributed by atoms with E-state index in [1.165, 1.54) is 22.4 Å². The van der Waals surface area contributed by atoms with Crippen molar-refractivity contribution >= 4 is 58.4 Å². The Kier molecular flexibility index (Phi) is 8.16. The van der Waals surface area contributed by atoms with Gasteiger partial charge in [-0.15, -0.1) is 11.3 Å². The van der Waals surface area contributed by atoms with Gasteiger partial charge in [0.1, 0.15) is 17.6 Å². The van der Waals surface area contributed by atoms with E-state index in [0.717, 1.165) is 34.9 Å². The van der Waals surface area contributed by atoms with Crippen LogP contribution in [0.4, 0.5) is 15.2 Å². The van der Waals surface area contributed by atoms with E-state index in [0.29, 0.717) is 41.5 Å². The first-order valence-electron chi connectivity index (χ1n) is 14.9. The molecule has 4 aromatic rings. The summed E-state index contributed by atoms with van der Waals surface area (Å²) >= 11 is 5.97. The molecule has 14 heteroatoms. The summed E-state index contributed by atoms with van der Waals surface area (Å²) in [7, 11) is 0. The molecule has 47 heavy (non-hydrogen) atoms. The van der Waals surface area contributed by atoms with Crippen LogP contribution >= 0.6 is 24.0 Å². The first-order valence-corrected chi connectivity index (χ1v) is 16.3. The number of rotatable bonds is 8. The minimum atomic E-state index is -1.33. The van der Waals surface area contributed by atoms with Gasteiger partial charge < -0.3 is 15.3 Å². The van der Waals surface area contributed by atoms with Gasteiger partial charge in [0.2, 0.25) is 11.8 Å². The van der Waals surface area contributed by atoms with E-state index < -0.39 is 29.7 Å². The Morgan fingerprint density at radius 1 is 1.13 bits per heavy atom. The van der Waals surface area contributed by atoms with Gasteiger partial charge in [-0.2, -0.15) is 12.6 Å². The molecule has 0 saturated carbocycles. The van der Waals surface area contributed by atoms with E-state index in [9.17, 15) is 28.7 Å². The highest BCUT2D eigenvalue weighted by atomic mass is 32.1. The maximum absolute atomic E-state index is 14.4. The highest BCUT2D eigenvalue weighted by Crippen LogP contribution is 2.41. The number of halogens is 1. The van der Waals surface area contributed by atoms with Gasteiger partial charge in [0.05, 0.1) is 17.0 Å². The molecule has 0 bridgehead atoms. The third-order valence-corrected chi connectivity index (χ3v) is 9.98. The highest BCUT2D eigenvalue weighted by molar-refractivity contribution is 7.80. The van der Waals surface area contributed by atoms with Crippen molar-refractivity contribution in [2.45, 2.75) is 49.9 Å². The third kappa shape index (κ3) is 5.83. The van der Waals surface area contributed by atoms with Crippen LogP contribution in [0, 0.1) is 5.82 Å². The normalized spacial score (nSPS) is 19.7. The molecule has 0 radical (unpaired) electrons. The predicted molar refractivity (Wildman–Crippen MR) is 175 cm³/mol. The minimum Gasteiger partial charge on any atom is -0.508 e. The fraction of sp³-hybridized carbons (Fsp3) is 0.242. The molecule has 3 aliphatic heterocycles. The van der Waals surface area contributed by atoms with Crippen LogP contribution in [0.2, 0.25) is 0 Å². The first kappa shape index (κ1) is 30.8. The smallest absolute Gasteiger partial charge is 0.257 e. The molecule has 3 aliphatic rings. The number of carbonyl (C=O) groups excluding carboxylic acids is 4. The van der Waals surface area contributed by atoms with Crippen molar-refractivity contribution in [2.24, 2.45) is 0 Å². The molecule has 0 aliphatic carbocycles. The second-order valence-electron chi connectivity index (χ2n) is 11.6. The molecule has 7 rings (SSSR count). The van der Waals surface area contributed by atoms with Gasteiger partial charge >= 0.3 is 0 Å². The third-order valence-electron chi connectivity index (χ3n) is 8.72. The number of benzene rings is 3. The Morgan fingerprint density at radius 2 is 1.98 bits per heavy atom. The zero-order valence-electron chi connectivity index (χ0n) is 24.8. The maximum Gasteiger partial charge on any atom is 0.257 e. The van der Waals surface area contributed by atoms with Crippen molar-refractivity contribution in [3.8, 4) is 5.75 Å². The van der Waals surface area contributed by atoms with Gasteiger partial charge in [-0.1, -0.05) is 30.3 Å². The fourth-order valence-electron chi connectivity index (χ4n) is 6.49. The van der Waals surface area contributed by atoms with Crippen LogP contribution in [0.25, 0.3) is 0 Å². The molecular formula is C33H29FN6O5S2. The highest BCUT2D eigenvalue weighted by Gasteiger charge is 2.41. The topological polar surface area (TPSA) is 144 Å². The van der Waals surface area contributed by atoms with Crippen LogP contribution in [-0.4, -0.2) is 49.6 Å². The molecule has 0 spiro atoms. The van der Waals surface area contributed by atoms with Crippen LogP contribution in [0.1, 0.15) is 62.4 Å².